The van der Waals surface area contributed by atoms with Crippen molar-refractivity contribution in [2.45, 2.75) is 12.8 Å². The molecule has 2 unspecified atom stereocenters. The summed E-state index contributed by atoms with van der Waals surface area (Å²) in [5.74, 6) is 23.6. The predicted octanol–water partition coefficient (Wildman–Crippen LogP) is 4.37. The lowest BCUT2D eigenvalue weighted by molar-refractivity contribution is 0.0593. The highest BCUT2D eigenvalue weighted by atomic mass is 16.5. The first kappa shape index (κ1) is 35.1. The molecule has 0 aliphatic heterocycles. The molecule has 9 heteroatoms. The van der Waals surface area contributed by atoms with Crippen LogP contribution in [0.5, 0.6) is 0 Å². The first-order valence-corrected chi connectivity index (χ1v) is 15.8. The summed E-state index contributed by atoms with van der Waals surface area (Å²) >= 11 is 0. The molecule has 2 saturated carbocycles. The molecule has 6 rings (SSSR count). The van der Waals surface area contributed by atoms with Gasteiger partial charge in [-0.2, -0.15) is 0 Å². The van der Waals surface area contributed by atoms with E-state index in [0.717, 1.165) is 46.2 Å². The minimum Gasteiger partial charge on any atom is -0.464 e. The van der Waals surface area contributed by atoms with Crippen LogP contribution in [0.4, 0.5) is 0 Å². The second kappa shape index (κ2) is 17.3. The summed E-state index contributed by atoms with van der Waals surface area (Å²) < 4.78 is 4.69. The summed E-state index contributed by atoms with van der Waals surface area (Å²) in [5, 5.41) is 26.6. The molecular weight excluding hydrogens is 630 g/mol. The van der Waals surface area contributed by atoms with Crippen molar-refractivity contribution in [2.75, 3.05) is 20.3 Å². The van der Waals surface area contributed by atoms with Crippen LogP contribution in [0.15, 0.2) is 85.2 Å². The molecule has 1 amide bonds. The molecule has 2 heterocycles. The van der Waals surface area contributed by atoms with Crippen molar-refractivity contribution in [2.24, 2.45) is 23.7 Å². The fourth-order valence-corrected chi connectivity index (χ4v) is 4.83. The Labute approximate surface area is 290 Å². The molecule has 0 saturated heterocycles. The Hall–Kier alpha value is -6.20. The van der Waals surface area contributed by atoms with Crippen molar-refractivity contribution in [3.63, 3.8) is 0 Å². The Morgan fingerprint density at radius 2 is 1.16 bits per heavy atom. The van der Waals surface area contributed by atoms with Gasteiger partial charge in [-0.25, -0.2) is 15.3 Å². The number of nitrogens with one attached hydrogen (secondary N) is 1. The monoisotopic (exact) mass is 663 g/mol. The summed E-state index contributed by atoms with van der Waals surface area (Å²) in [7, 11) is 1.33. The second-order valence-electron chi connectivity index (χ2n) is 11.6. The average Bonchev–Trinajstić information content (AvgIpc) is 4.11. The lowest BCUT2D eigenvalue weighted by atomic mass is 10.0. The molecule has 0 radical (unpaired) electrons. The highest BCUT2D eigenvalue weighted by Gasteiger charge is 2.35. The van der Waals surface area contributed by atoms with Crippen LogP contribution in [-0.4, -0.2) is 57.6 Å². The summed E-state index contributed by atoms with van der Waals surface area (Å²) in [6, 6.07) is 22.2. The third-order valence-electron chi connectivity index (χ3n) is 8.05. The number of hydrogen-bond acceptors (Lipinski definition) is 8. The van der Waals surface area contributed by atoms with E-state index in [2.05, 4.69) is 62.1 Å². The van der Waals surface area contributed by atoms with Crippen molar-refractivity contribution >= 4 is 11.9 Å². The van der Waals surface area contributed by atoms with E-state index < -0.39 is 11.9 Å². The summed E-state index contributed by atoms with van der Waals surface area (Å²) in [4.78, 5) is 30.9. The van der Waals surface area contributed by atoms with Crippen LogP contribution in [0.2, 0.25) is 0 Å². The number of carbonyl (C=O) groups excluding carboxylic acids is 2. The number of amides is 1. The molecule has 4 N–H and O–H groups in total. The van der Waals surface area contributed by atoms with Gasteiger partial charge in [0.05, 0.1) is 7.11 Å². The van der Waals surface area contributed by atoms with E-state index in [0.29, 0.717) is 23.7 Å². The van der Waals surface area contributed by atoms with E-state index in [9.17, 15) is 9.59 Å². The number of methoxy groups -OCH3 is 1. The van der Waals surface area contributed by atoms with E-state index in [1.165, 1.54) is 13.3 Å². The standard InChI is InChI=1S/C21H17NO3.C20H16N2O3/c1-25-21(24)20-13-18(10-11-22-20)16-8-6-15(7-9-16)4-2-3-5-17-12-19(17)14-23;23-13-18-11-16(18)4-2-1-3-14-5-7-15(8-6-14)17-9-10-21-19(12-17)20(24)22-25/h6-11,13,17,19,23H,12,14H2,1H3;5-10,12,16,18,23,25H,11,13H2,(H,22,24)/t17?,19-;16?,18-/m00/s1. The molecule has 2 aliphatic carbocycles. The summed E-state index contributed by atoms with van der Waals surface area (Å²) in [5.41, 5.74) is 7.28. The van der Waals surface area contributed by atoms with Gasteiger partial charge in [-0.05, 0) is 119 Å². The van der Waals surface area contributed by atoms with Crippen LogP contribution < -0.4 is 5.48 Å². The molecule has 2 aliphatic rings. The third-order valence-corrected chi connectivity index (χ3v) is 8.05. The van der Waals surface area contributed by atoms with Gasteiger partial charge in [-0.3, -0.25) is 15.0 Å². The molecule has 248 valence electrons. The fourth-order valence-electron chi connectivity index (χ4n) is 4.83. The number of rotatable bonds is 6. The Kier molecular flexibility index (Phi) is 12.1. The molecule has 2 aromatic heterocycles. The topological polar surface area (TPSA) is 142 Å². The smallest absolute Gasteiger partial charge is 0.356 e. The van der Waals surface area contributed by atoms with E-state index in [4.69, 9.17) is 15.4 Å². The SMILES string of the molecule is COC(=O)c1cc(-c2ccc(C#CC#CC3C[C@H]3CO)cc2)ccn1.O=C(NO)c1cc(-c2ccc(C#CC#CC3C[C@H]3CO)cc2)ccn1. The molecule has 4 aromatic rings. The van der Waals surface area contributed by atoms with E-state index in [-0.39, 0.29) is 24.6 Å². The number of aliphatic hydroxyl groups is 2. The molecule has 9 nitrogen and oxygen atoms in total. The van der Waals surface area contributed by atoms with Crippen molar-refractivity contribution in [1.29, 1.82) is 0 Å². The highest BCUT2D eigenvalue weighted by molar-refractivity contribution is 5.92. The Morgan fingerprint density at radius 3 is 1.58 bits per heavy atom. The van der Waals surface area contributed by atoms with Crippen LogP contribution in [0.25, 0.3) is 22.3 Å². The van der Waals surface area contributed by atoms with Gasteiger partial charge in [0.1, 0.15) is 11.4 Å². The van der Waals surface area contributed by atoms with E-state index in [1.807, 2.05) is 54.6 Å². The van der Waals surface area contributed by atoms with Crippen LogP contribution in [0.1, 0.15) is 44.9 Å². The maximum atomic E-state index is 11.6. The van der Waals surface area contributed by atoms with Gasteiger partial charge < -0.3 is 14.9 Å². The van der Waals surface area contributed by atoms with Crippen molar-refractivity contribution < 1.29 is 29.7 Å². The van der Waals surface area contributed by atoms with Gasteiger partial charge in [0.2, 0.25) is 0 Å². The van der Waals surface area contributed by atoms with E-state index in [1.54, 1.807) is 29.9 Å². The van der Waals surface area contributed by atoms with Crippen LogP contribution in [0.3, 0.4) is 0 Å². The van der Waals surface area contributed by atoms with Crippen LogP contribution in [0, 0.1) is 71.0 Å². The predicted molar refractivity (Wildman–Crippen MR) is 187 cm³/mol. The molecule has 0 bridgehead atoms. The van der Waals surface area contributed by atoms with E-state index >= 15 is 0 Å². The third kappa shape index (κ3) is 9.91. The van der Waals surface area contributed by atoms with Gasteiger partial charge in [-0.15, -0.1) is 0 Å². The number of benzene rings is 2. The quantitative estimate of drug-likeness (QED) is 0.103. The van der Waals surface area contributed by atoms with Gasteiger partial charge in [0.15, 0.2) is 0 Å². The van der Waals surface area contributed by atoms with Gasteiger partial charge in [0.25, 0.3) is 5.91 Å². The number of aliphatic hydroxyl groups excluding tert-OH is 2. The number of nitrogens with zero attached hydrogens (tertiary/aromatic N) is 2. The number of esters is 1. The van der Waals surface area contributed by atoms with Gasteiger partial charge in [-0.1, -0.05) is 47.9 Å². The van der Waals surface area contributed by atoms with Crippen molar-refractivity contribution in [3.8, 4) is 69.6 Å². The molecule has 0 spiro atoms. The zero-order valence-electron chi connectivity index (χ0n) is 27.2. The van der Waals surface area contributed by atoms with Crippen LogP contribution >= 0.6 is 0 Å². The number of hydroxylamine groups is 1. The number of pyridine rings is 2. The summed E-state index contributed by atoms with van der Waals surface area (Å²) in [6.07, 6.45) is 5.03. The summed E-state index contributed by atoms with van der Waals surface area (Å²) in [6.45, 7) is 0.409. The zero-order chi connectivity index (χ0) is 35.3. The largest absolute Gasteiger partial charge is 0.464 e. The molecule has 2 fully saturated rings. The average molecular weight is 664 g/mol. The van der Waals surface area contributed by atoms with Crippen molar-refractivity contribution in [1.82, 2.24) is 15.4 Å². The number of ether oxygens (including phenoxy) is 1. The number of aromatic nitrogens is 2. The minimum atomic E-state index is -0.651. The van der Waals surface area contributed by atoms with Gasteiger partial charge in [0, 0.05) is 48.6 Å². The van der Waals surface area contributed by atoms with Gasteiger partial charge >= 0.3 is 5.97 Å². The molecule has 50 heavy (non-hydrogen) atoms. The highest BCUT2D eigenvalue weighted by Crippen LogP contribution is 2.37. The number of carbonyl (C=O) groups is 2. The molecule has 4 atom stereocenters. The lowest BCUT2D eigenvalue weighted by Gasteiger charge is -2.04. The fraction of sp³-hybridized carbons (Fsp3) is 0.220. The molecule has 2 aromatic carbocycles. The zero-order valence-corrected chi connectivity index (χ0v) is 27.2. The normalized spacial score (nSPS) is 17.5. The Morgan fingerprint density at radius 1 is 0.700 bits per heavy atom. The maximum absolute atomic E-state index is 11.6. The second-order valence-corrected chi connectivity index (χ2v) is 11.6. The van der Waals surface area contributed by atoms with Crippen molar-refractivity contribution in [3.05, 3.63) is 108 Å². The molecular formula is C41H33N3O6. The first-order chi connectivity index (χ1) is 24.4. The minimum absolute atomic E-state index is 0.139. The lowest BCUT2D eigenvalue weighted by Crippen LogP contribution is -2.19. The first-order valence-electron chi connectivity index (χ1n) is 15.8. The Balaban J connectivity index is 0.000000194. The Bertz CT molecular complexity index is 1950. The number of hydrogen-bond donors (Lipinski definition) is 4. The van der Waals surface area contributed by atoms with Crippen LogP contribution in [-0.2, 0) is 4.74 Å². The maximum Gasteiger partial charge on any atom is 0.356 e.